The Balaban J connectivity index is 1.76. The van der Waals surface area contributed by atoms with E-state index in [4.69, 9.17) is 4.74 Å². The second-order valence-electron chi connectivity index (χ2n) is 6.34. The Morgan fingerprint density at radius 1 is 1.27 bits per heavy atom. The van der Waals surface area contributed by atoms with Crippen molar-refractivity contribution in [3.63, 3.8) is 0 Å². The highest BCUT2D eigenvalue weighted by Crippen LogP contribution is 2.34. The fourth-order valence-corrected chi connectivity index (χ4v) is 2.88. The van der Waals surface area contributed by atoms with Crippen molar-refractivity contribution in [2.75, 3.05) is 11.4 Å². The van der Waals surface area contributed by atoms with Crippen LogP contribution < -0.4 is 9.64 Å². The molecule has 0 saturated heterocycles. The number of hydrogen-bond acceptors (Lipinski definition) is 4. The molecular formula is C22H25N3O. The number of ether oxygens (including phenoxy) is 1. The third-order valence-electron chi connectivity index (χ3n) is 4.35. The Kier molecular flexibility index (Phi) is 5.84. The molecule has 4 heteroatoms. The predicted octanol–water partition coefficient (Wildman–Crippen LogP) is 5.50. The van der Waals surface area contributed by atoms with Crippen LogP contribution in [-0.2, 0) is 0 Å². The number of rotatable bonds is 6. The molecule has 0 amide bonds. The lowest BCUT2D eigenvalue weighted by Crippen LogP contribution is -2.25. The van der Waals surface area contributed by atoms with Crippen molar-refractivity contribution < 1.29 is 4.74 Å². The van der Waals surface area contributed by atoms with E-state index in [1.54, 1.807) is 0 Å². The first-order valence-corrected chi connectivity index (χ1v) is 9.01. The average Bonchev–Trinajstić information content (AvgIpc) is 2.65. The molecular weight excluding hydrogens is 322 g/mol. The number of anilines is 1. The summed E-state index contributed by atoms with van der Waals surface area (Å²) in [6, 6.07) is 6.05. The van der Waals surface area contributed by atoms with Crippen LogP contribution in [0.25, 0.3) is 5.70 Å². The van der Waals surface area contributed by atoms with Crippen molar-refractivity contribution in [3.05, 3.63) is 66.1 Å². The lowest BCUT2D eigenvalue weighted by molar-refractivity contribution is 0.409. The van der Waals surface area contributed by atoms with E-state index < -0.39 is 0 Å². The van der Waals surface area contributed by atoms with Crippen molar-refractivity contribution in [2.24, 2.45) is 9.98 Å². The maximum Gasteiger partial charge on any atom is 0.217 e. The highest BCUT2D eigenvalue weighted by Gasteiger charge is 2.18. The van der Waals surface area contributed by atoms with Gasteiger partial charge in [-0.3, -0.25) is 0 Å². The highest BCUT2D eigenvalue weighted by molar-refractivity contribution is 5.94. The summed E-state index contributed by atoms with van der Waals surface area (Å²) in [7, 11) is 0. The minimum atomic E-state index is 0.701. The minimum Gasteiger partial charge on any atom is -0.439 e. The van der Waals surface area contributed by atoms with Gasteiger partial charge in [0.1, 0.15) is 5.75 Å². The summed E-state index contributed by atoms with van der Waals surface area (Å²) in [5.74, 6) is 1.47. The Morgan fingerprint density at radius 3 is 2.96 bits per heavy atom. The van der Waals surface area contributed by atoms with E-state index in [1.165, 1.54) is 5.57 Å². The van der Waals surface area contributed by atoms with Crippen molar-refractivity contribution in [1.29, 1.82) is 0 Å². The highest BCUT2D eigenvalue weighted by atomic mass is 16.5. The van der Waals surface area contributed by atoms with E-state index >= 15 is 0 Å². The van der Waals surface area contributed by atoms with Gasteiger partial charge >= 0.3 is 0 Å². The van der Waals surface area contributed by atoms with Crippen LogP contribution >= 0.6 is 0 Å². The van der Waals surface area contributed by atoms with Gasteiger partial charge < -0.3 is 9.64 Å². The zero-order valence-corrected chi connectivity index (χ0v) is 15.5. The molecule has 0 aromatic heterocycles. The zero-order valence-electron chi connectivity index (χ0n) is 15.5. The minimum absolute atomic E-state index is 0.701. The third-order valence-corrected chi connectivity index (χ3v) is 4.35. The van der Waals surface area contributed by atoms with E-state index in [0.29, 0.717) is 5.88 Å². The van der Waals surface area contributed by atoms with Crippen LogP contribution in [0.1, 0.15) is 38.7 Å². The van der Waals surface area contributed by atoms with Crippen LogP contribution in [0.5, 0.6) is 5.75 Å². The van der Waals surface area contributed by atoms with Crippen molar-refractivity contribution in [3.8, 4) is 5.75 Å². The first-order chi connectivity index (χ1) is 12.7. The lowest BCUT2D eigenvalue weighted by atomic mass is 10.1. The largest absolute Gasteiger partial charge is 0.439 e. The Bertz CT molecular complexity index is 828. The Morgan fingerprint density at radius 2 is 2.15 bits per heavy atom. The molecule has 2 aliphatic rings. The fraction of sp³-hybridized carbons (Fsp3) is 0.273. The molecule has 2 heterocycles. The van der Waals surface area contributed by atoms with Crippen molar-refractivity contribution >= 4 is 23.9 Å². The summed E-state index contributed by atoms with van der Waals surface area (Å²) in [4.78, 5) is 11.0. The van der Waals surface area contributed by atoms with Crippen LogP contribution in [0.15, 0.2) is 70.5 Å². The van der Waals surface area contributed by atoms with Crippen molar-refractivity contribution in [1.82, 2.24) is 0 Å². The summed E-state index contributed by atoms with van der Waals surface area (Å²) in [5, 5.41) is 0. The van der Waals surface area contributed by atoms with Crippen molar-refractivity contribution in [2.45, 2.75) is 33.1 Å². The number of aliphatic imine (C=N–C) groups is 2. The van der Waals surface area contributed by atoms with Crippen LogP contribution in [0.4, 0.5) is 5.69 Å². The fourth-order valence-electron chi connectivity index (χ4n) is 2.88. The van der Waals surface area contributed by atoms with Crippen LogP contribution in [0.2, 0.25) is 0 Å². The molecule has 1 aromatic rings. The smallest absolute Gasteiger partial charge is 0.217 e. The summed E-state index contributed by atoms with van der Waals surface area (Å²) >= 11 is 0. The molecule has 0 atom stereocenters. The summed E-state index contributed by atoms with van der Waals surface area (Å²) in [6.45, 7) is 9.02. The SMILES string of the molecule is C=C1N=CN(CC/C=C/C=C/C)c2ccc(OC3=C(C)CCC=N3)cc21. The van der Waals surface area contributed by atoms with Gasteiger partial charge in [0.15, 0.2) is 0 Å². The summed E-state index contributed by atoms with van der Waals surface area (Å²) in [5.41, 5.74) is 4.04. The van der Waals surface area contributed by atoms with Gasteiger partial charge in [0.05, 0.1) is 17.7 Å². The number of fused-ring (bicyclic) bond motifs is 1. The predicted molar refractivity (Wildman–Crippen MR) is 111 cm³/mol. The van der Waals surface area contributed by atoms with Gasteiger partial charge in [0.2, 0.25) is 5.88 Å². The van der Waals surface area contributed by atoms with Gasteiger partial charge in [0, 0.05) is 18.3 Å². The van der Waals surface area contributed by atoms with Gasteiger partial charge in [-0.15, -0.1) is 0 Å². The molecule has 0 fully saturated rings. The zero-order chi connectivity index (χ0) is 18.4. The molecule has 0 N–H and O–H groups in total. The molecule has 2 aliphatic heterocycles. The average molecular weight is 347 g/mol. The normalized spacial score (nSPS) is 16.8. The maximum absolute atomic E-state index is 5.99. The lowest BCUT2D eigenvalue weighted by Gasteiger charge is -2.26. The number of benzene rings is 1. The molecule has 1 aromatic carbocycles. The molecule has 0 aliphatic carbocycles. The first-order valence-electron chi connectivity index (χ1n) is 9.01. The standard InChI is InChI=1S/C22H25N3O/c1-4-5-6-7-8-14-25-16-24-18(3)20-15-19(11-12-21(20)25)26-22-17(2)10-9-13-23-22/h4-7,11-13,15-16H,3,8-10,14H2,1-2H3/b5-4+,7-6+. The number of hydrogen-bond donors (Lipinski definition) is 0. The topological polar surface area (TPSA) is 37.2 Å². The molecule has 0 spiro atoms. The van der Waals surface area contributed by atoms with E-state index in [0.717, 1.165) is 48.5 Å². The monoisotopic (exact) mass is 347 g/mol. The van der Waals surface area contributed by atoms with Gasteiger partial charge in [-0.1, -0.05) is 30.9 Å². The van der Waals surface area contributed by atoms with Gasteiger partial charge in [-0.05, 0) is 56.9 Å². The molecule has 134 valence electrons. The quantitative estimate of drug-likeness (QED) is 0.637. The Labute approximate surface area is 155 Å². The van der Waals surface area contributed by atoms with Gasteiger partial charge in [-0.2, -0.15) is 0 Å². The second kappa shape index (κ2) is 8.48. The van der Waals surface area contributed by atoms with Crippen LogP contribution in [-0.4, -0.2) is 19.1 Å². The van der Waals surface area contributed by atoms with E-state index in [9.17, 15) is 0 Å². The van der Waals surface area contributed by atoms with E-state index in [1.807, 2.05) is 43.8 Å². The molecule has 0 saturated carbocycles. The maximum atomic E-state index is 5.99. The summed E-state index contributed by atoms with van der Waals surface area (Å²) in [6.07, 6.45) is 15.0. The molecule has 0 unspecified atom stereocenters. The van der Waals surface area contributed by atoms with Gasteiger partial charge in [0.25, 0.3) is 0 Å². The van der Waals surface area contributed by atoms with E-state index in [-0.39, 0.29) is 0 Å². The van der Waals surface area contributed by atoms with Crippen LogP contribution in [0, 0.1) is 0 Å². The van der Waals surface area contributed by atoms with Gasteiger partial charge in [-0.25, -0.2) is 9.98 Å². The number of allylic oxidation sites excluding steroid dienone is 4. The molecule has 0 bridgehead atoms. The molecule has 4 nitrogen and oxygen atoms in total. The molecule has 26 heavy (non-hydrogen) atoms. The molecule has 0 radical (unpaired) electrons. The summed E-state index contributed by atoms with van der Waals surface area (Å²) < 4.78 is 5.99. The molecule has 3 rings (SSSR count). The van der Waals surface area contributed by atoms with Crippen LogP contribution in [0.3, 0.4) is 0 Å². The Hall–Kier alpha value is -2.88. The first kappa shape index (κ1) is 17.9. The number of nitrogens with zero attached hydrogens (tertiary/aromatic N) is 3. The second-order valence-corrected chi connectivity index (χ2v) is 6.34. The van der Waals surface area contributed by atoms with E-state index in [2.05, 4.69) is 46.6 Å². The third kappa shape index (κ3) is 4.20.